The molecule has 17 nitrogen and oxygen atoms in total. The van der Waals surface area contributed by atoms with E-state index in [0.29, 0.717) is 54.9 Å². The molecule has 0 spiro atoms. The van der Waals surface area contributed by atoms with E-state index in [2.05, 4.69) is 10.6 Å². The smallest absolute Gasteiger partial charge is 0.333 e. The summed E-state index contributed by atoms with van der Waals surface area (Å²) >= 11 is 0. The van der Waals surface area contributed by atoms with Crippen LogP contribution in [0.2, 0.25) is 0 Å². The van der Waals surface area contributed by atoms with Crippen LogP contribution in [0.25, 0.3) is 0 Å². The number of hydroxylamine groups is 2. The second-order valence-electron chi connectivity index (χ2n) is 12.8. The van der Waals surface area contributed by atoms with E-state index in [-0.39, 0.29) is 87.8 Å². The number of imide groups is 2. The third-order valence-corrected chi connectivity index (χ3v) is 8.85. The van der Waals surface area contributed by atoms with Crippen molar-refractivity contribution in [1.82, 2.24) is 20.6 Å². The molecule has 1 atom stereocenters. The number of ketones is 1. The first-order valence-electron chi connectivity index (χ1n) is 16.4. The van der Waals surface area contributed by atoms with Crippen molar-refractivity contribution in [3.8, 4) is 0 Å². The lowest BCUT2D eigenvalue weighted by Gasteiger charge is -2.30. The quantitative estimate of drug-likeness (QED) is 0.0511. The molecule has 2 aliphatic rings. The van der Waals surface area contributed by atoms with Crippen LogP contribution in [0, 0.1) is 5.92 Å². The molecule has 0 aromatic carbocycles. The van der Waals surface area contributed by atoms with Crippen molar-refractivity contribution in [1.29, 1.82) is 0 Å². The largest absolute Gasteiger partial charge is 0.356 e. The van der Waals surface area contributed by atoms with Gasteiger partial charge in [0.15, 0.2) is 0 Å². The van der Waals surface area contributed by atoms with Gasteiger partial charge in [-0.25, -0.2) is 4.79 Å². The number of hydrogen-bond donors (Lipinski definition) is 3. The van der Waals surface area contributed by atoms with Crippen LogP contribution in [-0.4, -0.2) is 127 Å². The Bertz CT molecular complexity index is 1360. The Kier molecular flexibility index (Phi) is 16.7. The maximum atomic E-state index is 13.1. The zero-order chi connectivity index (χ0) is 36.6. The summed E-state index contributed by atoms with van der Waals surface area (Å²) < 4.78 is 31.4. The summed E-state index contributed by atoms with van der Waals surface area (Å²) in [4.78, 5) is 103. The third kappa shape index (κ3) is 16.3. The van der Waals surface area contributed by atoms with Gasteiger partial charge < -0.3 is 20.0 Å². The standard InChI is InChI=1S/C31H47N5O12S/c1-36(2,19-7-21-49(45,46)47)20-17-33-31(44)23(22-24(37)9-5-11-30(43)48-35-28(41)14-15-29(35)42)8-3-4-16-32-25(38)10-6-18-34-26(39)12-13-27(34)40/h12-13,23H,3-11,14-22H2,1-2H3,(H2-,32,33,38,44,45,46,47)/p+1. The maximum absolute atomic E-state index is 13.1. The molecular formula is C31H48N5O12S+. The molecule has 0 saturated carbocycles. The Hall–Kier alpha value is -4.03. The predicted molar refractivity (Wildman–Crippen MR) is 172 cm³/mol. The van der Waals surface area contributed by atoms with Crippen molar-refractivity contribution in [2.45, 2.75) is 77.0 Å². The fourth-order valence-electron chi connectivity index (χ4n) is 5.23. The summed E-state index contributed by atoms with van der Waals surface area (Å²) in [5, 5.41) is 6.05. The number of hydrogen-bond acceptors (Lipinski definition) is 11. The molecule has 0 aliphatic carbocycles. The number of likely N-dealkylation sites (N-methyl/N-ethyl adjacent to an activating group) is 1. The SMILES string of the molecule is C[N+](C)(CCCS(=O)(=O)O)CCNC(=O)C(CCCCNC(=O)CCCN1C(=O)C=CC1=O)CC(=O)CCCC(=O)ON1C(=O)CCC1=O. The van der Waals surface area contributed by atoms with Gasteiger partial charge in [0.05, 0.1) is 39.5 Å². The van der Waals surface area contributed by atoms with Gasteiger partial charge in [0.25, 0.3) is 33.7 Å². The molecule has 0 radical (unpaired) electrons. The normalized spacial score (nSPS) is 15.6. The molecule has 0 aromatic heterocycles. The first-order valence-corrected chi connectivity index (χ1v) is 18.0. The molecule has 1 unspecified atom stereocenters. The Morgan fingerprint density at radius 1 is 0.857 bits per heavy atom. The molecule has 1 fully saturated rings. The number of nitrogens with zero attached hydrogens (tertiary/aromatic N) is 3. The molecule has 3 N–H and O–H groups in total. The molecule has 2 rings (SSSR count). The van der Waals surface area contributed by atoms with Crippen molar-refractivity contribution in [2.75, 3.05) is 52.6 Å². The van der Waals surface area contributed by atoms with Crippen LogP contribution < -0.4 is 10.6 Å². The van der Waals surface area contributed by atoms with Gasteiger partial charge in [-0.3, -0.25) is 43.0 Å². The summed E-state index contributed by atoms with van der Waals surface area (Å²) in [5.41, 5.74) is 0. The second kappa shape index (κ2) is 19.8. The molecule has 274 valence electrons. The molecule has 2 heterocycles. The highest BCUT2D eigenvalue weighted by Gasteiger charge is 2.33. The molecule has 49 heavy (non-hydrogen) atoms. The number of amides is 6. The van der Waals surface area contributed by atoms with E-state index in [9.17, 15) is 46.8 Å². The average molecular weight is 715 g/mol. The Morgan fingerprint density at radius 2 is 1.51 bits per heavy atom. The summed E-state index contributed by atoms with van der Waals surface area (Å²) in [6, 6.07) is 0. The number of unbranched alkanes of at least 4 members (excludes halogenated alkanes) is 1. The maximum Gasteiger partial charge on any atom is 0.333 e. The zero-order valence-corrected chi connectivity index (χ0v) is 29.0. The molecule has 18 heteroatoms. The molecule has 0 aromatic rings. The number of rotatable bonds is 24. The fraction of sp³-hybridized carbons (Fsp3) is 0.677. The van der Waals surface area contributed by atoms with Crippen LogP contribution in [-0.2, 0) is 53.3 Å². The minimum absolute atomic E-state index is 0.0286. The summed E-state index contributed by atoms with van der Waals surface area (Å²) in [5.74, 6) is -4.74. The Labute approximate surface area is 286 Å². The number of carbonyl (C=O) groups is 8. The first-order chi connectivity index (χ1) is 23.0. The van der Waals surface area contributed by atoms with Gasteiger partial charge in [0.1, 0.15) is 5.78 Å². The van der Waals surface area contributed by atoms with Crippen LogP contribution in [0.4, 0.5) is 0 Å². The summed E-state index contributed by atoms with van der Waals surface area (Å²) in [7, 11) is -0.358. The molecule has 0 bridgehead atoms. The van der Waals surface area contributed by atoms with Gasteiger partial charge in [-0.1, -0.05) is 6.42 Å². The highest BCUT2D eigenvalue weighted by atomic mass is 32.2. The van der Waals surface area contributed by atoms with E-state index in [1.165, 1.54) is 12.2 Å². The van der Waals surface area contributed by atoms with Gasteiger partial charge in [-0.15, -0.1) is 5.06 Å². The molecule has 2 aliphatic heterocycles. The first kappa shape index (κ1) is 41.1. The average Bonchev–Trinajstić information content (AvgIpc) is 3.49. The lowest BCUT2D eigenvalue weighted by Crippen LogP contribution is -2.47. The Balaban J connectivity index is 1.80. The number of nitrogens with one attached hydrogen (secondary N) is 2. The van der Waals surface area contributed by atoms with Crippen LogP contribution in [0.1, 0.15) is 77.0 Å². The highest BCUT2D eigenvalue weighted by molar-refractivity contribution is 7.85. The van der Waals surface area contributed by atoms with Crippen molar-refractivity contribution in [3.63, 3.8) is 0 Å². The van der Waals surface area contributed by atoms with Crippen LogP contribution >= 0.6 is 0 Å². The predicted octanol–water partition coefficient (Wildman–Crippen LogP) is -0.198. The minimum atomic E-state index is -4.07. The molecule has 1 saturated heterocycles. The molecule has 6 amide bonds. The topological polar surface area (TPSA) is 231 Å². The van der Waals surface area contributed by atoms with E-state index in [4.69, 9.17) is 9.39 Å². The zero-order valence-electron chi connectivity index (χ0n) is 28.1. The van der Waals surface area contributed by atoms with Crippen LogP contribution in [0.3, 0.4) is 0 Å². The van der Waals surface area contributed by atoms with Gasteiger partial charge >= 0.3 is 5.97 Å². The summed E-state index contributed by atoms with van der Waals surface area (Å²) in [6.45, 7) is 1.62. The second-order valence-corrected chi connectivity index (χ2v) is 14.3. The van der Waals surface area contributed by atoms with Crippen molar-refractivity contribution >= 4 is 57.3 Å². The van der Waals surface area contributed by atoms with Crippen molar-refractivity contribution in [3.05, 3.63) is 12.2 Å². The lowest BCUT2D eigenvalue weighted by atomic mass is 9.93. The highest BCUT2D eigenvalue weighted by Crippen LogP contribution is 2.17. The van der Waals surface area contributed by atoms with Crippen molar-refractivity contribution < 1.29 is 60.6 Å². The van der Waals surface area contributed by atoms with Gasteiger partial charge in [0, 0.05) is 76.1 Å². The summed E-state index contributed by atoms with van der Waals surface area (Å²) in [6.07, 6.45) is 4.12. The number of quaternary nitrogens is 1. The van der Waals surface area contributed by atoms with Gasteiger partial charge in [0.2, 0.25) is 11.8 Å². The van der Waals surface area contributed by atoms with Crippen LogP contribution in [0.15, 0.2) is 12.2 Å². The van der Waals surface area contributed by atoms with Crippen LogP contribution in [0.5, 0.6) is 0 Å². The monoisotopic (exact) mass is 714 g/mol. The Morgan fingerprint density at radius 3 is 2.14 bits per heavy atom. The third-order valence-electron chi connectivity index (χ3n) is 8.05. The van der Waals surface area contributed by atoms with E-state index in [0.717, 1.165) is 4.90 Å². The van der Waals surface area contributed by atoms with E-state index in [1.54, 1.807) is 0 Å². The number of carbonyl (C=O) groups excluding carboxylic acids is 8. The molecular weight excluding hydrogens is 666 g/mol. The van der Waals surface area contributed by atoms with Gasteiger partial charge in [-0.2, -0.15) is 8.42 Å². The lowest BCUT2D eigenvalue weighted by molar-refractivity contribution is -0.889. The van der Waals surface area contributed by atoms with E-state index in [1.807, 2.05) is 14.1 Å². The van der Waals surface area contributed by atoms with E-state index >= 15 is 0 Å². The van der Waals surface area contributed by atoms with E-state index < -0.39 is 45.6 Å². The fourth-order valence-corrected chi connectivity index (χ4v) is 5.73. The van der Waals surface area contributed by atoms with Gasteiger partial charge in [-0.05, 0) is 25.7 Å². The number of Topliss-reactive ketones (excluding diaryl/α,β-unsaturated/α-hetero) is 1. The van der Waals surface area contributed by atoms with Crippen molar-refractivity contribution in [2.24, 2.45) is 5.92 Å². The minimum Gasteiger partial charge on any atom is -0.356 e.